The maximum Gasteiger partial charge on any atom is 0.191 e. The van der Waals surface area contributed by atoms with E-state index in [1.807, 2.05) is 32.0 Å². The van der Waals surface area contributed by atoms with Crippen LogP contribution in [0.5, 0.6) is 0 Å². The van der Waals surface area contributed by atoms with Crippen LogP contribution in [0.15, 0.2) is 39.9 Å². The first-order chi connectivity index (χ1) is 10.1. The van der Waals surface area contributed by atoms with E-state index in [0.29, 0.717) is 6.54 Å². The molecule has 0 saturated carbocycles. The number of rotatable bonds is 4. The van der Waals surface area contributed by atoms with Gasteiger partial charge in [0.05, 0.1) is 18.3 Å². The SMILES string of the molecule is CN=C(NCc1ncccc1C)NC(C)c1ccc(C)o1.I. The van der Waals surface area contributed by atoms with Crippen LogP contribution < -0.4 is 10.6 Å². The molecule has 0 aliphatic rings. The van der Waals surface area contributed by atoms with Gasteiger partial charge in [0.2, 0.25) is 0 Å². The smallest absolute Gasteiger partial charge is 0.191 e. The minimum atomic E-state index is 0. The molecule has 6 heteroatoms. The number of hydrogen-bond acceptors (Lipinski definition) is 3. The molecule has 1 unspecified atom stereocenters. The number of nitrogens with zero attached hydrogens (tertiary/aromatic N) is 2. The zero-order valence-electron chi connectivity index (χ0n) is 13.4. The van der Waals surface area contributed by atoms with Gasteiger partial charge < -0.3 is 15.1 Å². The number of nitrogens with one attached hydrogen (secondary N) is 2. The van der Waals surface area contributed by atoms with Crippen molar-refractivity contribution in [1.29, 1.82) is 0 Å². The van der Waals surface area contributed by atoms with Gasteiger partial charge in [0.1, 0.15) is 11.5 Å². The molecule has 120 valence electrons. The van der Waals surface area contributed by atoms with E-state index in [-0.39, 0.29) is 30.0 Å². The van der Waals surface area contributed by atoms with Crippen molar-refractivity contribution in [3.63, 3.8) is 0 Å². The molecular formula is C16H23IN4O. The molecule has 0 bridgehead atoms. The molecule has 0 amide bonds. The summed E-state index contributed by atoms with van der Waals surface area (Å²) in [4.78, 5) is 8.59. The molecule has 0 spiro atoms. The Morgan fingerprint density at radius 1 is 1.32 bits per heavy atom. The van der Waals surface area contributed by atoms with E-state index < -0.39 is 0 Å². The van der Waals surface area contributed by atoms with E-state index in [9.17, 15) is 0 Å². The van der Waals surface area contributed by atoms with Crippen LogP contribution in [0, 0.1) is 13.8 Å². The Bertz CT molecular complexity index is 624. The van der Waals surface area contributed by atoms with Crippen LogP contribution in [-0.2, 0) is 6.54 Å². The van der Waals surface area contributed by atoms with Crippen molar-refractivity contribution >= 4 is 29.9 Å². The standard InChI is InChI=1S/C16H22N4O.HI/c1-11-6-5-9-18-14(11)10-19-16(17-4)20-13(3)15-8-7-12(2)21-15;/h5-9,13H,10H2,1-4H3,(H2,17,19,20);1H. The van der Waals surface area contributed by atoms with Gasteiger partial charge in [0.15, 0.2) is 5.96 Å². The maximum absolute atomic E-state index is 5.61. The Hall–Kier alpha value is -1.57. The van der Waals surface area contributed by atoms with Crippen molar-refractivity contribution in [2.75, 3.05) is 7.05 Å². The number of guanidine groups is 1. The normalized spacial score (nSPS) is 12.5. The molecule has 0 radical (unpaired) electrons. The van der Waals surface area contributed by atoms with Crippen LogP contribution in [0.1, 0.15) is 35.7 Å². The van der Waals surface area contributed by atoms with E-state index in [1.54, 1.807) is 13.2 Å². The fraction of sp³-hybridized carbons (Fsp3) is 0.375. The highest BCUT2D eigenvalue weighted by Crippen LogP contribution is 2.15. The Labute approximate surface area is 148 Å². The quantitative estimate of drug-likeness (QED) is 0.458. The molecule has 2 rings (SSSR count). The third kappa shape index (κ3) is 5.01. The van der Waals surface area contributed by atoms with Crippen LogP contribution in [0.3, 0.4) is 0 Å². The lowest BCUT2D eigenvalue weighted by Gasteiger charge is -2.16. The van der Waals surface area contributed by atoms with Crippen LogP contribution >= 0.6 is 24.0 Å². The average Bonchev–Trinajstić information content (AvgIpc) is 2.91. The second kappa shape index (κ2) is 8.77. The lowest BCUT2D eigenvalue weighted by molar-refractivity contribution is 0.441. The summed E-state index contributed by atoms with van der Waals surface area (Å²) in [5, 5.41) is 6.57. The summed E-state index contributed by atoms with van der Waals surface area (Å²) in [5.41, 5.74) is 2.18. The molecule has 22 heavy (non-hydrogen) atoms. The molecule has 0 fully saturated rings. The van der Waals surface area contributed by atoms with Gasteiger partial charge >= 0.3 is 0 Å². The molecule has 5 nitrogen and oxygen atoms in total. The molecule has 2 aromatic rings. The lowest BCUT2D eigenvalue weighted by Crippen LogP contribution is -2.38. The topological polar surface area (TPSA) is 62.5 Å². The molecule has 0 aliphatic carbocycles. The van der Waals surface area contributed by atoms with Crippen LogP contribution in [0.2, 0.25) is 0 Å². The van der Waals surface area contributed by atoms with Gasteiger partial charge in [0.25, 0.3) is 0 Å². The summed E-state index contributed by atoms with van der Waals surface area (Å²) in [7, 11) is 1.75. The number of pyridine rings is 1. The van der Waals surface area contributed by atoms with E-state index in [0.717, 1.165) is 28.7 Å². The Morgan fingerprint density at radius 3 is 2.68 bits per heavy atom. The summed E-state index contributed by atoms with van der Waals surface area (Å²) < 4.78 is 5.61. The van der Waals surface area contributed by atoms with Crippen molar-refractivity contribution in [2.45, 2.75) is 33.4 Å². The van der Waals surface area contributed by atoms with Gasteiger partial charge in [-0.3, -0.25) is 9.98 Å². The number of halogens is 1. The van der Waals surface area contributed by atoms with Gasteiger partial charge in [-0.2, -0.15) is 0 Å². The van der Waals surface area contributed by atoms with Crippen molar-refractivity contribution in [1.82, 2.24) is 15.6 Å². The first-order valence-corrected chi connectivity index (χ1v) is 7.04. The zero-order valence-corrected chi connectivity index (χ0v) is 15.7. The zero-order chi connectivity index (χ0) is 15.2. The molecule has 0 aliphatic heterocycles. The number of aryl methyl sites for hydroxylation is 2. The van der Waals surface area contributed by atoms with Gasteiger partial charge in [-0.05, 0) is 44.5 Å². The number of hydrogen-bond donors (Lipinski definition) is 2. The first-order valence-electron chi connectivity index (χ1n) is 7.04. The summed E-state index contributed by atoms with van der Waals surface area (Å²) in [6, 6.07) is 7.97. The third-order valence-electron chi connectivity index (χ3n) is 3.31. The predicted octanol–water partition coefficient (Wildman–Crippen LogP) is 3.34. The molecule has 2 N–H and O–H groups in total. The Balaban J connectivity index is 0.00000242. The Kier molecular flexibility index (Phi) is 7.37. The third-order valence-corrected chi connectivity index (χ3v) is 3.31. The maximum atomic E-state index is 5.61. The van der Waals surface area contributed by atoms with E-state index in [4.69, 9.17) is 4.42 Å². The van der Waals surface area contributed by atoms with Crippen LogP contribution in [0.25, 0.3) is 0 Å². The highest BCUT2D eigenvalue weighted by molar-refractivity contribution is 14.0. The number of furan rings is 1. The van der Waals surface area contributed by atoms with Crippen molar-refractivity contribution in [2.24, 2.45) is 4.99 Å². The minimum absolute atomic E-state index is 0. The van der Waals surface area contributed by atoms with Gasteiger partial charge in [-0.25, -0.2) is 0 Å². The molecule has 0 saturated heterocycles. The highest BCUT2D eigenvalue weighted by atomic mass is 127. The lowest BCUT2D eigenvalue weighted by atomic mass is 10.2. The van der Waals surface area contributed by atoms with E-state index in [1.165, 1.54) is 0 Å². The highest BCUT2D eigenvalue weighted by Gasteiger charge is 2.11. The second-order valence-electron chi connectivity index (χ2n) is 5.01. The molecule has 2 aromatic heterocycles. The summed E-state index contributed by atoms with van der Waals surface area (Å²) in [6.07, 6.45) is 1.80. The van der Waals surface area contributed by atoms with Crippen LogP contribution in [-0.4, -0.2) is 18.0 Å². The summed E-state index contributed by atoms with van der Waals surface area (Å²) in [6.45, 7) is 6.66. The van der Waals surface area contributed by atoms with E-state index in [2.05, 4.69) is 33.6 Å². The average molecular weight is 414 g/mol. The predicted molar refractivity (Wildman–Crippen MR) is 99.6 cm³/mol. The monoisotopic (exact) mass is 414 g/mol. The molecular weight excluding hydrogens is 391 g/mol. The summed E-state index contributed by atoms with van der Waals surface area (Å²) >= 11 is 0. The van der Waals surface area contributed by atoms with Crippen molar-refractivity contribution in [3.05, 3.63) is 53.2 Å². The first kappa shape index (κ1) is 18.5. The fourth-order valence-electron chi connectivity index (χ4n) is 2.03. The number of aliphatic imine (C=N–C) groups is 1. The van der Waals surface area contributed by atoms with Gasteiger partial charge in [0, 0.05) is 13.2 Å². The molecule has 1 atom stereocenters. The van der Waals surface area contributed by atoms with Crippen molar-refractivity contribution in [3.8, 4) is 0 Å². The van der Waals surface area contributed by atoms with Gasteiger partial charge in [-0.15, -0.1) is 24.0 Å². The van der Waals surface area contributed by atoms with Gasteiger partial charge in [-0.1, -0.05) is 6.07 Å². The molecule has 2 heterocycles. The van der Waals surface area contributed by atoms with Crippen LogP contribution in [0.4, 0.5) is 0 Å². The number of aromatic nitrogens is 1. The minimum Gasteiger partial charge on any atom is -0.464 e. The van der Waals surface area contributed by atoms with Crippen molar-refractivity contribution < 1.29 is 4.42 Å². The Morgan fingerprint density at radius 2 is 2.09 bits per heavy atom. The summed E-state index contributed by atoms with van der Waals surface area (Å²) in [5.74, 6) is 2.52. The molecule has 0 aromatic carbocycles. The largest absolute Gasteiger partial charge is 0.464 e. The fourth-order valence-corrected chi connectivity index (χ4v) is 2.03. The van der Waals surface area contributed by atoms with E-state index >= 15 is 0 Å². The second-order valence-corrected chi connectivity index (χ2v) is 5.01.